The van der Waals surface area contributed by atoms with Crippen molar-refractivity contribution >= 4 is 27.9 Å². The molecule has 5 heteroatoms. The standard InChI is InChI=1S/C17H17BrO4/c1-17(2)21-15(19)13(16(20)22-17)11-8-4-3-5-7-6(4)10(11)12(7)14(18)9(5)8/h4-10,12,14H,3H2,1-2H3/t4-,5+,6-,7+,8-,9+,10-,12-,14+/m1/s1. The number of esters is 2. The summed E-state index contributed by atoms with van der Waals surface area (Å²) in [7, 11) is 0. The molecule has 9 atom stereocenters. The van der Waals surface area contributed by atoms with Crippen LogP contribution in [0.3, 0.4) is 0 Å². The Morgan fingerprint density at radius 3 is 2.32 bits per heavy atom. The maximum Gasteiger partial charge on any atom is 0.348 e. The molecule has 0 unspecified atom stereocenters. The van der Waals surface area contributed by atoms with Crippen LogP contribution in [0, 0.1) is 47.3 Å². The number of hydrogen-bond acceptors (Lipinski definition) is 4. The molecule has 0 amide bonds. The van der Waals surface area contributed by atoms with Crippen molar-refractivity contribution < 1.29 is 19.1 Å². The number of hydrogen-bond donors (Lipinski definition) is 0. The Balaban J connectivity index is 1.53. The van der Waals surface area contributed by atoms with Gasteiger partial charge in [-0.3, -0.25) is 0 Å². The molecule has 4 nitrogen and oxygen atoms in total. The van der Waals surface area contributed by atoms with Gasteiger partial charge in [0, 0.05) is 18.7 Å². The Morgan fingerprint density at radius 2 is 1.64 bits per heavy atom. The molecule has 2 bridgehead atoms. The molecule has 1 saturated heterocycles. The van der Waals surface area contributed by atoms with E-state index in [1.807, 2.05) is 0 Å². The van der Waals surface area contributed by atoms with E-state index in [4.69, 9.17) is 9.47 Å². The van der Waals surface area contributed by atoms with Crippen molar-refractivity contribution in [3.63, 3.8) is 0 Å². The largest absolute Gasteiger partial charge is 0.419 e. The van der Waals surface area contributed by atoms with Crippen molar-refractivity contribution in [1.29, 1.82) is 0 Å². The van der Waals surface area contributed by atoms with E-state index in [2.05, 4.69) is 15.9 Å². The summed E-state index contributed by atoms with van der Waals surface area (Å²) in [6.45, 7) is 3.22. The second kappa shape index (κ2) is 3.33. The number of rotatable bonds is 0. The van der Waals surface area contributed by atoms with Crippen molar-refractivity contribution in [3.05, 3.63) is 11.1 Å². The van der Waals surface area contributed by atoms with Gasteiger partial charge >= 0.3 is 11.9 Å². The quantitative estimate of drug-likeness (QED) is 0.286. The third-order valence-electron chi connectivity index (χ3n) is 7.45. The van der Waals surface area contributed by atoms with Gasteiger partial charge in [-0.15, -0.1) is 0 Å². The minimum atomic E-state index is -1.14. The number of carbonyl (C=O) groups excluding carboxylic acids is 2. The Labute approximate surface area is 136 Å². The van der Waals surface area contributed by atoms with Crippen molar-refractivity contribution in [2.45, 2.75) is 30.9 Å². The Bertz CT molecular complexity index is 673. The van der Waals surface area contributed by atoms with E-state index < -0.39 is 17.7 Å². The summed E-state index contributed by atoms with van der Waals surface area (Å²) in [4.78, 5) is 25.6. The number of allylic oxidation sites excluding steroid dienone is 1. The lowest BCUT2D eigenvalue weighted by Crippen LogP contribution is -2.48. The average Bonchev–Trinajstić information content (AvgIpc) is 2.87. The SMILES string of the molecule is CC1(C)OC(=O)C(=C2[C@@H]3[C@@H]4C[C@H]5[C@@H]6[C@@H]([C@@H](Br)[C@@H]53)[C@@H]2[C@H]46)C(=O)O1. The molecule has 0 aromatic carbocycles. The van der Waals surface area contributed by atoms with E-state index in [0.29, 0.717) is 34.4 Å². The van der Waals surface area contributed by atoms with Crippen LogP contribution in [-0.4, -0.2) is 22.6 Å². The lowest BCUT2D eigenvalue weighted by molar-refractivity contribution is -0.222. The molecule has 0 aromatic rings. The fourth-order valence-electron chi connectivity index (χ4n) is 7.35. The van der Waals surface area contributed by atoms with Crippen molar-refractivity contribution in [2.75, 3.05) is 0 Å². The first kappa shape index (κ1) is 12.6. The highest BCUT2D eigenvalue weighted by atomic mass is 79.9. The van der Waals surface area contributed by atoms with Gasteiger partial charge in [0.05, 0.1) is 0 Å². The minimum absolute atomic E-state index is 0.247. The zero-order valence-electron chi connectivity index (χ0n) is 12.4. The normalized spacial score (nSPS) is 58.2. The molecule has 6 aliphatic rings. The number of cyclic esters (lactones) is 2. The first-order chi connectivity index (χ1) is 10.4. The highest BCUT2D eigenvalue weighted by molar-refractivity contribution is 9.09. The van der Waals surface area contributed by atoms with Crippen LogP contribution < -0.4 is 0 Å². The molecule has 1 aliphatic heterocycles. The fraction of sp³-hybridized carbons (Fsp3) is 0.765. The molecule has 6 rings (SSSR count). The van der Waals surface area contributed by atoms with Crippen LogP contribution >= 0.6 is 15.9 Å². The van der Waals surface area contributed by atoms with Crippen LogP contribution in [0.2, 0.25) is 0 Å². The van der Waals surface area contributed by atoms with E-state index in [9.17, 15) is 9.59 Å². The molecular weight excluding hydrogens is 348 g/mol. The summed E-state index contributed by atoms with van der Waals surface area (Å²) >= 11 is 3.93. The zero-order chi connectivity index (χ0) is 15.1. The third-order valence-corrected chi connectivity index (χ3v) is 8.67. The fourth-order valence-corrected chi connectivity index (χ4v) is 8.75. The van der Waals surface area contributed by atoms with Crippen molar-refractivity contribution in [1.82, 2.24) is 0 Å². The van der Waals surface area contributed by atoms with E-state index in [0.717, 1.165) is 23.3 Å². The van der Waals surface area contributed by atoms with Crippen LogP contribution in [0.1, 0.15) is 20.3 Å². The van der Waals surface area contributed by atoms with E-state index in [1.165, 1.54) is 6.42 Å². The van der Waals surface area contributed by atoms with E-state index in [-0.39, 0.29) is 5.57 Å². The molecule has 5 aliphatic carbocycles. The summed E-state index contributed by atoms with van der Waals surface area (Å²) in [5.74, 6) is 3.08. The van der Waals surface area contributed by atoms with Crippen LogP contribution in [0.5, 0.6) is 0 Å². The van der Waals surface area contributed by atoms with Gasteiger partial charge in [-0.1, -0.05) is 15.9 Å². The summed E-state index contributed by atoms with van der Waals surface area (Å²) in [6, 6.07) is 0. The van der Waals surface area contributed by atoms with Crippen LogP contribution in [-0.2, 0) is 19.1 Å². The summed E-state index contributed by atoms with van der Waals surface area (Å²) in [5, 5.41) is 0. The van der Waals surface area contributed by atoms with Crippen LogP contribution in [0.15, 0.2) is 11.1 Å². The number of alkyl halides is 1. The number of fused-ring (bicyclic) bond motifs is 2. The molecular formula is C17H17BrO4. The smallest absolute Gasteiger partial charge is 0.348 e. The second-order valence-electron chi connectivity index (χ2n) is 8.38. The summed E-state index contributed by atoms with van der Waals surface area (Å²) < 4.78 is 10.7. The van der Waals surface area contributed by atoms with Gasteiger partial charge in [0.15, 0.2) is 0 Å². The number of carbonyl (C=O) groups is 2. The first-order valence-corrected chi connectivity index (χ1v) is 9.17. The first-order valence-electron chi connectivity index (χ1n) is 8.25. The molecule has 6 fully saturated rings. The van der Waals surface area contributed by atoms with Crippen molar-refractivity contribution in [2.24, 2.45) is 47.3 Å². The monoisotopic (exact) mass is 364 g/mol. The topological polar surface area (TPSA) is 52.6 Å². The van der Waals surface area contributed by atoms with E-state index in [1.54, 1.807) is 13.8 Å². The van der Waals surface area contributed by atoms with Gasteiger partial charge in [0.2, 0.25) is 0 Å². The number of ether oxygens (including phenoxy) is 2. The maximum atomic E-state index is 12.5. The van der Waals surface area contributed by atoms with Crippen LogP contribution in [0.25, 0.3) is 0 Å². The molecule has 0 radical (unpaired) electrons. The zero-order valence-corrected chi connectivity index (χ0v) is 14.0. The third kappa shape index (κ3) is 1.06. The lowest BCUT2D eigenvalue weighted by Gasteiger charge is -2.48. The van der Waals surface area contributed by atoms with E-state index >= 15 is 0 Å². The summed E-state index contributed by atoms with van der Waals surface area (Å²) in [5.41, 5.74) is 1.36. The Hall–Kier alpha value is -0.840. The predicted molar refractivity (Wildman–Crippen MR) is 78.5 cm³/mol. The van der Waals surface area contributed by atoms with Crippen molar-refractivity contribution in [3.8, 4) is 0 Å². The highest BCUT2D eigenvalue weighted by Crippen LogP contribution is 2.85. The highest BCUT2D eigenvalue weighted by Gasteiger charge is 2.82. The van der Waals surface area contributed by atoms with Gasteiger partial charge < -0.3 is 9.47 Å². The molecule has 0 aromatic heterocycles. The lowest BCUT2D eigenvalue weighted by atomic mass is 9.58. The molecule has 1 heterocycles. The summed E-state index contributed by atoms with van der Waals surface area (Å²) in [6.07, 6.45) is 1.30. The molecule has 0 spiro atoms. The molecule has 116 valence electrons. The molecule has 0 N–H and O–H groups in total. The second-order valence-corrected chi connectivity index (χ2v) is 9.44. The van der Waals surface area contributed by atoms with Gasteiger partial charge in [0.1, 0.15) is 5.57 Å². The Morgan fingerprint density at radius 1 is 0.955 bits per heavy atom. The Kier molecular flexibility index (Phi) is 1.90. The molecule has 5 saturated carbocycles. The minimum Gasteiger partial charge on any atom is -0.419 e. The van der Waals surface area contributed by atoms with Gasteiger partial charge in [0.25, 0.3) is 5.79 Å². The average molecular weight is 365 g/mol. The maximum absolute atomic E-state index is 12.5. The van der Waals surface area contributed by atoms with Gasteiger partial charge in [-0.25, -0.2) is 9.59 Å². The van der Waals surface area contributed by atoms with Gasteiger partial charge in [-0.2, -0.15) is 0 Å². The van der Waals surface area contributed by atoms with Gasteiger partial charge in [-0.05, 0) is 59.3 Å². The van der Waals surface area contributed by atoms with Crippen LogP contribution in [0.4, 0.5) is 0 Å². The molecule has 22 heavy (non-hydrogen) atoms. The predicted octanol–water partition coefficient (Wildman–Crippen LogP) is 2.27. The number of halogens is 1.